The van der Waals surface area contributed by atoms with Gasteiger partial charge in [-0.3, -0.25) is 24.6 Å². The molecule has 0 unspecified atom stereocenters. The molecule has 0 saturated heterocycles. The molecule has 2 heterocycles. The van der Waals surface area contributed by atoms with Crippen LogP contribution in [0.1, 0.15) is 17.8 Å². The second-order valence-electron chi connectivity index (χ2n) is 5.87. The fraction of sp³-hybridized carbons (Fsp3) is 0.294. The lowest BCUT2D eigenvalue weighted by Gasteiger charge is -2.31. The summed E-state index contributed by atoms with van der Waals surface area (Å²) in [4.78, 5) is 39.2. The van der Waals surface area contributed by atoms with Crippen LogP contribution >= 0.6 is 11.3 Å². The first-order valence-corrected chi connectivity index (χ1v) is 8.77. The number of nitrogens with zero attached hydrogens (tertiary/aromatic N) is 3. The van der Waals surface area contributed by atoms with Crippen LogP contribution in [0.5, 0.6) is 5.75 Å². The summed E-state index contributed by atoms with van der Waals surface area (Å²) in [6.45, 7) is 1.49. The third kappa shape index (κ3) is 3.38. The van der Waals surface area contributed by atoms with Gasteiger partial charge in [0.1, 0.15) is 12.3 Å². The predicted molar refractivity (Wildman–Crippen MR) is 96.4 cm³/mol. The van der Waals surface area contributed by atoms with Gasteiger partial charge in [-0.25, -0.2) is 0 Å². The zero-order chi connectivity index (χ0) is 18.8. The standard InChI is InChI=1S/C17H17N3O5S/c1-11(15-4-3-7-26-15)18(2)16(21)9-19-13-8-12(20(23)24)5-6-14(13)25-10-17(19)22/h3-8,11H,9-10H2,1-2H3/t11-/m1/s1. The summed E-state index contributed by atoms with van der Waals surface area (Å²) < 4.78 is 5.31. The largest absolute Gasteiger partial charge is 0.482 e. The van der Waals surface area contributed by atoms with Crippen molar-refractivity contribution in [1.82, 2.24) is 4.90 Å². The maximum absolute atomic E-state index is 12.7. The molecule has 1 aromatic heterocycles. The lowest BCUT2D eigenvalue weighted by molar-refractivity contribution is -0.384. The van der Waals surface area contributed by atoms with Gasteiger partial charge in [0.2, 0.25) is 5.91 Å². The van der Waals surface area contributed by atoms with E-state index in [-0.39, 0.29) is 36.5 Å². The monoisotopic (exact) mass is 375 g/mol. The summed E-state index contributed by atoms with van der Waals surface area (Å²) >= 11 is 1.55. The molecule has 26 heavy (non-hydrogen) atoms. The quantitative estimate of drug-likeness (QED) is 0.591. The van der Waals surface area contributed by atoms with Crippen molar-refractivity contribution >= 4 is 34.5 Å². The minimum atomic E-state index is -0.551. The third-order valence-corrected chi connectivity index (χ3v) is 5.36. The Labute approximate surface area is 153 Å². The fourth-order valence-corrected chi connectivity index (χ4v) is 3.49. The molecule has 3 rings (SSSR count). The number of carbonyl (C=O) groups is 2. The Hall–Kier alpha value is -2.94. The first-order chi connectivity index (χ1) is 12.4. The van der Waals surface area contributed by atoms with Crippen molar-refractivity contribution in [2.45, 2.75) is 13.0 Å². The number of nitro benzene ring substituents is 1. The molecule has 1 aliphatic heterocycles. The van der Waals surface area contributed by atoms with Crippen molar-refractivity contribution in [2.75, 3.05) is 25.1 Å². The minimum Gasteiger partial charge on any atom is -0.482 e. The van der Waals surface area contributed by atoms with Crippen molar-refractivity contribution in [3.8, 4) is 5.75 Å². The Kier molecular flexibility index (Phi) is 4.90. The number of amides is 2. The maximum Gasteiger partial charge on any atom is 0.271 e. The highest BCUT2D eigenvalue weighted by Crippen LogP contribution is 2.35. The van der Waals surface area contributed by atoms with Gasteiger partial charge in [-0.05, 0) is 24.4 Å². The fourth-order valence-electron chi connectivity index (χ4n) is 2.66. The lowest BCUT2D eigenvalue weighted by Crippen LogP contribution is -2.46. The van der Waals surface area contributed by atoms with Gasteiger partial charge in [0, 0.05) is 24.1 Å². The molecule has 2 aromatic rings. The number of non-ortho nitro benzene ring substituents is 1. The smallest absolute Gasteiger partial charge is 0.271 e. The van der Waals surface area contributed by atoms with E-state index in [4.69, 9.17) is 4.74 Å². The van der Waals surface area contributed by atoms with Gasteiger partial charge in [-0.15, -0.1) is 11.3 Å². The van der Waals surface area contributed by atoms with Crippen LogP contribution < -0.4 is 9.64 Å². The number of fused-ring (bicyclic) bond motifs is 1. The van der Waals surface area contributed by atoms with Crippen LogP contribution in [-0.2, 0) is 9.59 Å². The number of anilines is 1. The lowest BCUT2D eigenvalue weighted by atomic mass is 10.2. The average Bonchev–Trinajstić information content (AvgIpc) is 3.16. The normalized spacial score (nSPS) is 14.4. The summed E-state index contributed by atoms with van der Waals surface area (Å²) in [5.41, 5.74) is 0.0702. The number of hydrogen-bond donors (Lipinski definition) is 0. The van der Waals surface area contributed by atoms with Crippen molar-refractivity contribution < 1.29 is 19.2 Å². The molecule has 1 aliphatic rings. The molecule has 8 nitrogen and oxygen atoms in total. The number of thiophene rings is 1. The molecule has 0 aliphatic carbocycles. The van der Waals surface area contributed by atoms with Crippen molar-refractivity contribution in [3.63, 3.8) is 0 Å². The van der Waals surface area contributed by atoms with Gasteiger partial charge < -0.3 is 9.64 Å². The summed E-state index contributed by atoms with van der Waals surface area (Å²) in [6.07, 6.45) is 0. The predicted octanol–water partition coefficient (Wildman–Crippen LogP) is 2.60. The molecular weight excluding hydrogens is 358 g/mol. The molecule has 0 N–H and O–H groups in total. The second-order valence-corrected chi connectivity index (χ2v) is 6.85. The van der Waals surface area contributed by atoms with Crippen LogP contribution in [0.2, 0.25) is 0 Å². The highest BCUT2D eigenvalue weighted by atomic mass is 32.1. The van der Waals surface area contributed by atoms with E-state index >= 15 is 0 Å². The number of ether oxygens (including phenoxy) is 1. The van der Waals surface area contributed by atoms with Gasteiger partial charge in [-0.1, -0.05) is 6.07 Å². The first-order valence-electron chi connectivity index (χ1n) is 7.89. The Bertz CT molecular complexity index is 852. The Morgan fingerprint density at radius 3 is 2.88 bits per heavy atom. The van der Waals surface area contributed by atoms with Gasteiger partial charge in [-0.2, -0.15) is 0 Å². The molecule has 9 heteroatoms. The van der Waals surface area contributed by atoms with Crippen LogP contribution in [-0.4, -0.2) is 41.8 Å². The van der Waals surface area contributed by atoms with E-state index < -0.39 is 10.8 Å². The van der Waals surface area contributed by atoms with Gasteiger partial charge in [0.05, 0.1) is 16.7 Å². The highest BCUT2D eigenvalue weighted by molar-refractivity contribution is 7.10. The molecule has 1 atom stereocenters. The topological polar surface area (TPSA) is 93.0 Å². The number of hydrogen-bond acceptors (Lipinski definition) is 6. The second kappa shape index (κ2) is 7.12. The number of likely N-dealkylation sites (N-methyl/N-ethyl adjacent to an activating group) is 1. The zero-order valence-corrected chi connectivity index (χ0v) is 15.1. The molecule has 1 aromatic carbocycles. The van der Waals surface area contributed by atoms with Crippen LogP contribution in [0, 0.1) is 10.1 Å². The molecule has 0 fully saturated rings. The Morgan fingerprint density at radius 2 is 2.23 bits per heavy atom. The molecule has 2 amide bonds. The zero-order valence-electron chi connectivity index (χ0n) is 14.2. The summed E-state index contributed by atoms with van der Waals surface area (Å²) in [5, 5.41) is 12.9. The van der Waals surface area contributed by atoms with Crippen molar-refractivity contribution in [1.29, 1.82) is 0 Å². The van der Waals surface area contributed by atoms with Crippen LogP contribution in [0.3, 0.4) is 0 Å². The van der Waals surface area contributed by atoms with Crippen LogP contribution in [0.25, 0.3) is 0 Å². The molecule has 136 valence electrons. The highest BCUT2D eigenvalue weighted by Gasteiger charge is 2.31. The van der Waals surface area contributed by atoms with E-state index in [1.54, 1.807) is 23.3 Å². The minimum absolute atomic E-state index is 0.136. The van der Waals surface area contributed by atoms with Crippen molar-refractivity contribution in [2.24, 2.45) is 0 Å². The summed E-state index contributed by atoms with van der Waals surface area (Å²) in [5.74, 6) is -0.334. The van der Waals surface area contributed by atoms with E-state index in [1.807, 2.05) is 24.4 Å². The van der Waals surface area contributed by atoms with Crippen molar-refractivity contribution in [3.05, 3.63) is 50.7 Å². The van der Waals surface area contributed by atoms with Crippen LogP contribution in [0.4, 0.5) is 11.4 Å². The molecule has 0 radical (unpaired) electrons. The number of rotatable bonds is 5. The number of nitro groups is 1. The van der Waals surface area contributed by atoms with E-state index in [1.165, 1.54) is 23.1 Å². The van der Waals surface area contributed by atoms with E-state index in [0.29, 0.717) is 5.75 Å². The van der Waals surface area contributed by atoms with Gasteiger partial charge in [0.25, 0.3) is 11.6 Å². The van der Waals surface area contributed by atoms with Gasteiger partial charge in [0.15, 0.2) is 6.61 Å². The number of benzene rings is 1. The average molecular weight is 375 g/mol. The maximum atomic E-state index is 12.7. The SMILES string of the molecule is C[C@H](c1cccs1)N(C)C(=O)CN1C(=O)COc2ccc([N+](=O)[O-])cc21. The summed E-state index contributed by atoms with van der Waals surface area (Å²) in [6, 6.07) is 7.72. The molecule has 0 spiro atoms. The van der Waals surface area contributed by atoms with Crippen LogP contribution in [0.15, 0.2) is 35.7 Å². The first kappa shape index (κ1) is 17.9. The Morgan fingerprint density at radius 1 is 1.46 bits per heavy atom. The van der Waals surface area contributed by atoms with E-state index in [0.717, 1.165) is 4.88 Å². The van der Waals surface area contributed by atoms with Gasteiger partial charge >= 0.3 is 0 Å². The Balaban J connectivity index is 1.83. The molecule has 0 saturated carbocycles. The van der Waals surface area contributed by atoms with E-state index in [9.17, 15) is 19.7 Å². The number of carbonyl (C=O) groups excluding carboxylic acids is 2. The molecule has 0 bridgehead atoms. The van der Waals surface area contributed by atoms with E-state index in [2.05, 4.69) is 0 Å². The molecular formula is C17H17N3O5S. The third-order valence-electron chi connectivity index (χ3n) is 4.32. The summed E-state index contributed by atoms with van der Waals surface area (Å²) in [7, 11) is 1.67.